The lowest BCUT2D eigenvalue weighted by Crippen LogP contribution is -2.49. The number of hydrogen-bond acceptors (Lipinski definition) is 4. The van der Waals surface area contributed by atoms with Crippen molar-refractivity contribution >= 4 is 18.3 Å². The molecule has 1 saturated carbocycles. The summed E-state index contributed by atoms with van der Waals surface area (Å²) in [4.78, 5) is 17.4. The van der Waals surface area contributed by atoms with Crippen LogP contribution in [0.25, 0.3) is 0 Å². The van der Waals surface area contributed by atoms with Gasteiger partial charge in [0.05, 0.1) is 6.10 Å². The molecule has 2 heterocycles. The lowest BCUT2D eigenvalue weighted by molar-refractivity contribution is 0.0773. The Hall–Kier alpha value is -1.30. The summed E-state index contributed by atoms with van der Waals surface area (Å²) in [5, 5.41) is 3.40. The van der Waals surface area contributed by atoms with Crippen LogP contribution in [0.15, 0.2) is 24.3 Å². The fourth-order valence-corrected chi connectivity index (χ4v) is 4.51. The first kappa shape index (κ1) is 20.4. The van der Waals surface area contributed by atoms with Gasteiger partial charge in [-0.05, 0) is 56.4 Å². The highest BCUT2D eigenvalue weighted by atomic mass is 35.5. The smallest absolute Gasteiger partial charge is 0.253 e. The molecular weight excluding hydrogens is 362 g/mol. The minimum absolute atomic E-state index is 0. The number of nitrogens with zero attached hydrogens (tertiary/aromatic N) is 2. The Labute approximate surface area is 168 Å². The maximum absolute atomic E-state index is 12.8. The molecule has 6 heteroatoms. The van der Waals surface area contributed by atoms with Crippen molar-refractivity contribution in [2.75, 3.05) is 39.3 Å². The molecule has 150 valence electrons. The summed E-state index contributed by atoms with van der Waals surface area (Å²) >= 11 is 0. The molecule has 1 aliphatic carbocycles. The van der Waals surface area contributed by atoms with Crippen LogP contribution < -0.4 is 10.1 Å². The van der Waals surface area contributed by atoms with Crippen LogP contribution >= 0.6 is 12.4 Å². The lowest BCUT2D eigenvalue weighted by Gasteiger charge is -2.32. The number of halogens is 1. The Morgan fingerprint density at radius 3 is 2.37 bits per heavy atom. The molecule has 1 unspecified atom stereocenters. The second-order valence-electron chi connectivity index (χ2n) is 7.88. The average Bonchev–Trinajstić information content (AvgIpc) is 3.20. The number of piperazine rings is 1. The van der Waals surface area contributed by atoms with E-state index in [0.717, 1.165) is 69.8 Å². The zero-order valence-electron chi connectivity index (χ0n) is 16.1. The number of nitrogens with one attached hydrogen (secondary N) is 1. The highest BCUT2D eigenvalue weighted by molar-refractivity contribution is 5.94. The van der Waals surface area contributed by atoms with Crippen LogP contribution in [0.1, 0.15) is 48.9 Å². The van der Waals surface area contributed by atoms with Crippen molar-refractivity contribution in [3.05, 3.63) is 29.8 Å². The van der Waals surface area contributed by atoms with E-state index < -0.39 is 0 Å². The van der Waals surface area contributed by atoms with Crippen LogP contribution in [0.3, 0.4) is 0 Å². The van der Waals surface area contributed by atoms with Gasteiger partial charge in [0.2, 0.25) is 0 Å². The largest absolute Gasteiger partial charge is 0.490 e. The number of carbonyl (C=O) groups is 1. The summed E-state index contributed by atoms with van der Waals surface area (Å²) in [5.41, 5.74) is 0.780. The van der Waals surface area contributed by atoms with E-state index in [9.17, 15) is 4.79 Å². The van der Waals surface area contributed by atoms with Gasteiger partial charge in [0.25, 0.3) is 5.91 Å². The normalized spacial score (nSPS) is 24.4. The monoisotopic (exact) mass is 393 g/mol. The van der Waals surface area contributed by atoms with Gasteiger partial charge in [-0.1, -0.05) is 6.42 Å². The first-order chi connectivity index (χ1) is 12.8. The molecule has 5 nitrogen and oxygen atoms in total. The first-order valence-electron chi connectivity index (χ1n) is 10.3. The van der Waals surface area contributed by atoms with Crippen LogP contribution in [0.2, 0.25) is 0 Å². The fourth-order valence-electron chi connectivity index (χ4n) is 4.51. The summed E-state index contributed by atoms with van der Waals surface area (Å²) in [5.74, 6) is 1.06. The van der Waals surface area contributed by atoms with Crippen LogP contribution in [-0.2, 0) is 0 Å². The molecule has 0 radical (unpaired) electrons. The second-order valence-corrected chi connectivity index (χ2v) is 7.88. The number of rotatable bonds is 4. The maximum Gasteiger partial charge on any atom is 0.253 e. The van der Waals surface area contributed by atoms with E-state index in [1.807, 2.05) is 29.2 Å². The zero-order valence-corrected chi connectivity index (χ0v) is 16.9. The lowest BCUT2D eigenvalue weighted by atomic mass is 9.98. The number of carbonyl (C=O) groups excluding carboxylic acids is 1. The van der Waals surface area contributed by atoms with Gasteiger partial charge >= 0.3 is 0 Å². The highest BCUT2D eigenvalue weighted by Gasteiger charge is 2.31. The molecule has 1 atom stereocenters. The van der Waals surface area contributed by atoms with Gasteiger partial charge in [0, 0.05) is 50.9 Å². The van der Waals surface area contributed by atoms with Crippen molar-refractivity contribution in [3.8, 4) is 5.75 Å². The Balaban J connectivity index is 0.00000210. The molecular formula is C21H32ClN3O2. The van der Waals surface area contributed by atoms with Crippen LogP contribution in [-0.4, -0.2) is 67.1 Å². The summed E-state index contributed by atoms with van der Waals surface area (Å²) in [6.45, 7) is 6.05. The van der Waals surface area contributed by atoms with Crippen molar-refractivity contribution in [3.63, 3.8) is 0 Å². The second kappa shape index (κ2) is 9.76. The van der Waals surface area contributed by atoms with Gasteiger partial charge in [-0.15, -0.1) is 12.4 Å². The predicted molar refractivity (Wildman–Crippen MR) is 110 cm³/mol. The van der Waals surface area contributed by atoms with E-state index in [4.69, 9.17) is 4.74 Å². The third kappa shape index (κ3) is 5.15. The van der Waals surface area contributed by atoms with E-state index in [-0.39, 0.29) is 18.3 Å². The highest BCUT2D eigenvalue weighted by Crippen LogP contribution is 2.24. The van der Waals surface area contributed by atoms with E-state index in [1.54, 1.807) is 0 Å². The molecule has 4 rings (SSSR count). The van der Waals surface area contributed by atoms with Crippen molar-refractivity contribution in [2.45, 2.75) is 50.7 Å². The van der Waals surface area contributed by atoms with Crippen LogP contribution in [0.5, 0.6) is 5.75 Å². The number of ether oxygens (including phenoxy) is 1. The Morgan fingerprint density at radius 1 is 0.963 bits per heavy atom. The van der Waals surface area contributed by atoms with Gasteiger partial charge in [0.15, 0.2) is 0 Å². The summed E-state index contributed by atoms with van der Waals surface area (Å²) < 4.78 is 6.07. The van der Waals surface area contributed by atoms with E-state index >= 15 is 0 Å². The third-order valence-corrected chi connectivity index (χ3v) is 6.07. The molecule has 1 amide bonds. The SMILES string of the molecule is Cl.O=C(c1ccc(OC2CCCCC2)cc1)N1CCC(N2CCNCC2)C1. The molecule has 1 aromatic carbocycles. The number of hydrogen-bond donors (Lipinski definition) is 1. The van der Waals surface area contributed by atoms with Crippen molar-refractivity contribution in [1.82, 2.24) is 15.1 Å². The molecule has 2 saturated heterocycles. The summed E-state index contributed by atoms with van der Waals surface area (Å²) in [6, 6.07) is 8.31. The molecule has 1 aromatic rings. The number of amides is 1. The Morgan fingerprint density at radius 2 is 1.67 bits per heavy atom. The minimum Gasteiger partial charge on any atom is -0.490 e. The van der Waals surface area contributed by atoms with Crippen molar-refractivity contribution < 1.29 is 9.53 Å². The maximum atomic E-state index is 12.8. The molecule has 2 aliphatic heterocycles. The van der Waals surface area contributed by atoms with Gasteiger partial charge in [0.1, 0.15) is 5.75 Å². The fraction of sp³-hybridized carbons (Fsp3) is 0.667. The molecule has 27 heavy (non-hydrogen) atoms. The molecule has 3 fully saturated rings. The van der Waals surface area contributed by atoms with Gasteiger partial charge < -0.3 is 15.0 Å². The Bertz CT molecular complexity index is 598. The molecule has 1 N–H and O–H groups in total. The molecule has 0 aromatic heterocycles. The summed E-state index contributed by atoms with van der Waals surface area (Å²) in [6.07, 6.45) is 7.62. The molecule has 3 aliphatic rings. The van der Waals surface area contributed by atoms with Crippen LogP contribution in [0, 0.1) is 0 Å². The molecule has 0 bridgehead atoms. The topological polar surface area (TPSA) is 44.8 Å². The predicted octanol–water partition coefficient (Wildman–Crippen LogP) is 2.94. The minimum atomic E-state index is 0. The van der Waals surface area contributed by atoms with Gasteiger partial charge in [-0.25, -0.2) is 0 Å². The van der Waals surface area contributed by atoms with Gasteiger partial charge in [-0.3, -0.25) is 9.69 Å². The molecule has 0 spiro atoms. The summed E-state index contributed by atoms with van der Waals surface area (Å²) in [7, 11) is 0. The number of benzene rings is 1. The average molecular weight is 394 g/mol. The van der Waals surface area contributed by atoms with Crippen LogP contribution in [0.4, 0.5) is 0 Å². The van der Waals surface area contributed by atoms with E-state index in [2.05, 4.69) is 10.2 Å². The van der Waals surface area contributed by atoms with Crippen molar-refractivity contribution in [1.29, 1.82) is 0 Å². The third-order valence-electron chi connectivity index (χ3n) is 6.07. The quantitative estimate of drug-likeness (QED) is 0.854. The van der Waals surface area contributed by atoms with E-state index in [1.165, 1.54) is 19.3 Å². The Kier molecular flexibility index (Phi) is 7.39. The standard InChI is InChI=1S/C21H31N3O2.ClH/c25-21(24-13-10-18(16-24)23-14-11-22-12-15-23)17-6-8-20(9-7-17)26-19-4-2-1-3-5-19;/h6-9,18-19,22H,1-5,10-16H2;1H. The van der Waals surface area contributed by atoms with Crippen molar-refractivity contribution in [2.24, 2.45) is 0 Å². The number of likely N-dealkylation sites (tertiary alicyclic amines) is 1. The van der Waals surface area contributed by atoms with E-state index in [0.29, 0.717) is 12.1 Å². The first-order valence-corrected chi connectivity index (χ1v) is 10.3. The zero-order chi connectivity index (χ0) is 17.8. The van der Waals surface area contributed by atoms with Gasteiger partial charge in [-0.2, -0.15) is 0 Å².